The minimum atomic E-state index is -0.0374. The fourth-order valence-electron chi connectivity index (χ4n) is 2.07. The number of hydrogen-bond donors (Lipinski definition) is 2. The molecule has 0 spiro atoms. The van der Waals surface area contributed by atoms with E-state index in [1.807, 2.05) is 36.9 Å². The summed E-state index contributed by atoms with van der Waals surface area (Å²) in [7, 11) is 1.92. The Hall–Kier alpha value is -1.07. The van der Waals surface area contributed by atoms with E-state index in [4.69, 9.17) is 29.0 Å². The van der Waals surface area contributed by atoms with Gasteiger partial charge < -0.3 is 0 Å². The van der Waals surface area contributed by atoms with Crippen LogP contribution in [0.3, 0.4) is 0 Å². The first-order valence-electron chi connectivity index (χ1n) is 5.92. The molecule has 1 unspecified atom stereocenters. The van der Waals surface area contributed by atoms with Gasteiger partial charge in [-0.1, -0.05) is 29.3 Å². The molecule has 1 aromatic carbocycles. The maximum absolute atomic E-state index is 6.04. The van der Waals surface area contributed by atoms with Crippen molar-refractivity contribution in [2.24, 2.45) is 12.9 Å². The average molecular weight is 299 g/mol. The van der Waals surface area contributed by atoms with Gasteiger partial charge in [-0.05, 0) is 30.7 Å². The summed E-state index contributed by atoms with van der Waals surface area (Å²) in [5, 5.41) is 5.39. The lowest BCUT2D eigenvalue weighted by atomic mass is 10.0. The van der Waals surface area contributed by atoms with Crippen LogP contribution in [0, 0.1) is 6.92 Å². The Morgan fingerprint density at radius 2 is 2.05 bits per heavy atom. The number of hydrazine groups is 1. The molecule has 2 aromatic rings. The summed E-state index contributed by atoms with van der Waals surface area (Å²) in [6, 6.07) is 7.53. The summed E-state index contributed by atoms with van der Waals surface area (Å²) in [4.78, 5) is 0. The van der Waals surface area contributed by atoms with Gasteiger partial charge in [0.15, 0.2) is 0 Å². The highest BCUT2D eigenvalue weighted by Gasteiger charge is 2.14. The third-order valence-corrected chi connectivity index (χ3v) is 3.80. The standard InChI is InChI=1S/C13H16Cl2N4/c1-8-5-10(19(2)18-8)7-13(17-16)9-3-4-11(14)12(15)6-9/h3-6,13,17H,7,16H2,1-2H3. The third kappa shape index (κ3) is 3.28. The van der Waals surface area contributed by atoms with Gasteiger partial charge in [0, 0.05) is 19.2 Å². The first kappa shape index (κ1) is 14.3. The maximum Gasteiger partial charge on any atom is 0.0596 e. The van der Waals surface area contributed by atoms with Crippen LogP contribution in [0.4, 0.5) is 0 Å². The number of hydrogen-bond acceptors (Lipinski definition) is 3. The van der Waals surface area contributed by atoms with Crippen molar-refractivity contribution in [2.75, 3.05) is 0 Å². The van der Waals surface area contributed by atoms with Gasteiger partial charge in [-0.3, -0.25) is 16.0 Å². The van der Waals surface area contributed by atoms with Crippen LogP contribution in [0.5, 0.6) is 0 Å². The zero-order valence-electron chi connectivity index (χ0n) is 10.8. The molecule has 0 radical (unpaired) electrons. The van der Waals surface area contributed by atoms with Crippen LogP contribution in [-0.4, -0.2) is 9.78 Å². The van der Waals surface area contributed by atoms with Gasteiger partial charge in [0.25, 0.3) is 0 Å². The molecular weight excluding hydrogens is 283 g/mol. The van der Waals surface area contributed by atoms with Crippen LogP contribution in [-0.2, 0) is 13.5 Å². The van der Waals surface area contributed by atoms with E-state index in [0.29, 0.717) is 10.0 Å². The average Bonchev–Trinajstić information content (AvgIpc) is 2.68. The number of benzene rings is 1. The fourth-order valence-corrected chi connectivity index (χ4v) is 2.37. The highest BCUT2D eigenvalue weighted by atomic mass is 35.5. The number of rotatable bonds is 4. The van der Waals surface area contributed by atoms with Gasteiger partial charge in [-0.15, -0.1) is 0 Å². The number of aryl methyl sites for hydroxylation is 2. The molecule has 0 aliphatic heterocycles. The Balaban J connectivity index is 2.24. The minimum absolute atomic E-state index is 0.0374. The van der Waals surface area contributed by atoms with E-state index in [0.717, 1.165) is 23.4 Å². The van der Waals surface area contributed by atoms with E-state index in [1.54, 1.807) is 6.07 Å². The third-order valence-electron chi connectivity index (χ3n) is 3.06. The SMILES string of the molecule is Cc1cc(CC(NN)c2ccc(Cl)c(Cl)c2)n(C)n1. The Bertz CT molecular complexity index is 580. The minimum Gasteiger partial charge on any atom is -0.272 e. The molecule has 1 heterocycles. The van der Waals surface area contributed by atoms with Gasteiger partial charge in [0.1, 0.15) is 0 Å². The normalized spacial score (nSPS) is 12.7. The summed E-state index contributed by atoms with van der Waals surface area (Å²) >= 11 is 12.0. The molecule has 0 aliphatic carbocycles. The molecule has 6 heteroatoms. The molecule has 102 valence electrons. The van der Waals surface area contributed by atoms with Crippen molar-refractivity contribution in [1.29, 1.82) is 0 Å². The second kappa shape index (κ2) is 5.92. The number of halogens is 2. The topological polar surface area (TPSA) is 55.9 Å². The van der Waals surface area contributed by atoms with Crippen molar-refractivity contribution in [1.82, 2.24) is 15.2 Å². The predicted molar refractivity (Wildman–Crippen MR) is 78.2 cm³/mol. The summed E-state index contributed by atoms with van der Waals surface area (Å²) in [6.45, 7) is 1.97. The van der Waals surface area contributed by atoms with Gasteiger partial charge in [-0.2, -0.15) is 5.10 Å². The molecule has 4 nitrogen and oxygen atoms in total. The number of nitrogens with one attached hydrogen (secondary N) is 1. The van der Waals surface area contributed by atoms with Gasteiger partial charge in [-0.25, -0.2) is 0 Å². The molecule has 19 heavy (non-hydrogen) atoms. The molecule has 1 atom stereocenters. The summed E-state index contributed by atoms with van der Waals surface area (Å²) in [5.41, 5.74) is 5.89. The van der Waals surface area contributed by atoms with Gasteiger partial charge in [0.05, 0.1) is 21.8 Å². The Morgan fingerprint density at radius 3 is 2.58 bits per heavy atom. The van der Waals surface area contributed by atoms with Gasteiger partial charge in [0.2, 0.25) is 0 Å². The highest BCUT2D eigenvalue weighted by molar-refractivity contribution is 6.42. The van der Waals surface area contributed by atoms with Crippen molar-refractivity contribution in [2.45, 2.75) is 19.4 Å². The molecule has 0 bridgehead atoms. The van der Waals surface area contributed by atoms with Crippen LogP contribution >= 0.6 is 23.2 Å². The van der Waals surface area contributed by atoms with E-state index in [-0.39, 0.29) is 6.04 Å². The number of nitrogens with zero attached hydrogens (tertiary/aromatic N) is 2. The van der Waals surface area contributed by atoms with Crippen LogP contribution < -0.4 is 11.3 Å². The quantitative estimate of drug-likeness (QED) is 0.674. The molecule has 2 rings (SSSR count). The van der Waals surface area contributed by atoms with Crippen LogP contribution in [0.2, 0.25) is 10.0 Å². The molecule has 1 aromatic heterocycles. The van der Waals surface area contributed by atoms with E-state index < -0.39 is 0 Å². The van der Waals surface area contributed by atoms with Crippen molar-refractivity contribution in [3.05, 3.63) is 51.3 Å². The van der Waals surface area contributed by atoms with Crippen LogP contribution in [0.15, 0.2) is 24.3 Å². The largest absolute Gasteiger partial charge is 0.272 e. The first-order valence-corrected chi connectivity index (χ1v) is 6.67. The Labute approximate surface area is 122 Å². The molecule has 0 aliphatic rings. The molecule has 3 N–H and O–H groups in total. The molecule has 0 fully saturated rings. The summed E-state index contributed by atoms with van der Waals surface area (Å²) in [5.74, 6) is 5.64. The van der Waals surface area contributed by atoms with Crippen molar-refractivity contribution < 1.29 is 0 Å². The summed E-state index contributed by atoms with van der Waals surface area (Å²) in [6.07, 6.45) is 0.728. The van der Waals surface area contributed by atoms with E-state index in [9.17, 15) is 0 Å². The van der Waals surface area contributed by atoms with E-state index in [2.05, 4.69) is 10.5 Å². The summed E-state index contributed by atoms with van der Waals surface area (Å²) < 4.78 is 1.86. The van der Waals surface area contributed by atoms with Crippen LogP contribution in [0.25, 0.3) is 0 Å². The van der Waals surface area contributed by atoms with Gasteiger partial charge >= 0.3 is 0 Å². The first-order chi connectivity index (χ1) is 9.01. The Kier molecular flexibility index (Phi) is 4.47. The Morgan fingerprint density at radius 1 is 1.32 bits per heavy atom. The van der Waals surface area contributed by atoms with Crippen molar-refractivity contribution >= 4 is 23.2 Å². The molecule has 0 saturated heterocycles. The zero-order chi connectivity index (χ0) is 14.0. The smallest absolute Gasteiger partial charge is 0.0596 e. The van der Waals surface area contributed by atoms with Crippen molar-refractivity contribution in [3.63, 3.8) is 0 Å². The van der Waals surface area contributed by atoms with E-state index in [1.165, 1.54) is 0 Å². The van der Waals surface area contributed by atoms with Crippen molar-refractivity contribution in [3.8, 4) is 0 Å². The number of aromatic nitrogens is 2. The second-order valence-electron chi connectivity index (χ2n) is 4.50. The lowest BCUT2D eigenvalue weighted by molar-refractivity contribution is 0.530. The lowest BCUT2D eigenvalue weighted by Crippen LogP contribution is -2.30. The molecule has 0 amide bonds. The van der Waals surface area contributed by atoms with E-state index >= 15 is 0 Å². The lowest BCUT2D eigenvalue weighted by Gasteiger charge is -2.17. The predicted octanol–water partition coefficient (Wildman–Crippen LogP) is 2.78. The molecule has 0 saturated carbocycles. The van der Waals surface area contributed by atoms with Crippen LogP contribution in [0.1, 0.15) is 23.0 Å². The zero-order valence-corrected chi connectivity index (χ0v) is 12.3. The monoisotopic (exact) mass is 298 g/mol. The highest BCUT2D eigenvalue weighted by Crippen LogP contribution is 2.27. The second-order valence-corrected chi connectivity index (χ2v) is 5.31. The maximum atomic E-state index is 6.04. The number of nitrogens with two attached hydrogens (primary N) is 1. The fraction of sp³-hybridized carbons (Fsp3) is 0.308. The molecular formula is C13H16Cl2N4.